The predicted octanol–water partition coefficient (Wildman–Crippen LogP) is 1.12. The normalized spacial score (nSPS) is 25.7. The number of nitrogens with zero attached hydrogens (tertiary/aromatic N) is 2. The van der Waals surface area contributed by atoms with E-state index in [1.54, 1.807) is 9.80 Å². The topological polar surface area (TPSA) is 40.6 Å². The summed E-state index contributed by atoms with van der Waals surface area (Å²) >= 11 is 3.23. The van der Waals surface area contributed by atoms with Crippen LogP contribution < -0.4 is 0 Å². The van der Waals surface area contributed by atoms with Crippen molar-refractivity contribution in [1.29, 1.82) is 0 Å². The fraction of sp³-hybridized carbons (Fsp3) is 0.636. The lowest BCUT2D eigenvalue weighted by Crippen LogP contribution is -2.61. The van der Waals surface area contributed by atoms with Crippen LogP contribution in [-0.4, -0.2) is 47.3 Å². The van der Waals surface area contributed by atoms with Crippen LogP contribution in [0.1, 0.15) is 19.3 Å². The third kappa shape index (κ3) is 2.14. The van der Waals surface area contributed by atoms with Crippen LogP contribution in [0.5, 0.6) is 0 Å². The second-order valence-corrected chi connectivity index (χ2v) is 5.43. The molecule has 0 saturated carbocycles. The van der Waals surface area contributed by atoms with Gasteiger partial charge < -0.3 is 9.80 Å². The molecule has 0 aliphatic carbocycles. The van der Waals surface area contributed by atoms with Crippen molar-refractivity contribution in [3.05, 3.63) is 11.1 Å². The summed E-state index contributed by atoms with van der Waals surface area (Å²) in [5.74, 6) is 0.137. The molecule has 2 saturated heterocycles. The Balaban J connectivity index is 2.13. The first-order valence-electron chi connectivity index (χ1n) is 5.51. The zero-order valence-corrected chi connectivity index (χ0v) is 10.7. The molecule has 0 spiro atoms. The van der Waals surface area contributed by atoms with E-state index in [1.807, 2.05) is 0 Å². The second kappa shape index (κ2) is 4.57. The number of piperidine rings is 1. The third-order valence-electron chi connectivity index (χ3n) is 3.11. The summed E-state index contributed by atoms with van der Waals surface area (Å²) in [5, 5.41) is 0. The largest absolute Gasteiger partial charge is 0.329 e. The summed E-state index contributed by atoms with van der Waals surface area (Å²) in [6.45, 7) is 5.06. The minimum Gasteiger partial charge on any atom is -0.329 e. The summed E-state index contributed by atoms with van der Waals surface area (Å²) in [6.07, 6.45) is 2.85. The van der Waals surface area contributed by atoms with Crippen molar-refractivity contribution in [2.75, 3.05) is 19.6 Å². The minimum atomic E-state index is -0.221. The third-order valence-corrected chi connectivity index (χ3v) is 3.36. The Kier molecular flexibility index (Phi) is 3.33. The monoisotopic (exact) mass is 286 g/mol. The lowest BCUT2D eigenvalue weighted by molar-refractivity contribution is -0.157. The molecule has 2 aliphatic rings. The number of carbonyl (C=O) groups is 2. The number of hydrogen-bond acceptors (Lipinski definition) is 2. The molecule has 2 aliphatic heterocycles. The van der Waals surface area contributed by atoms with E-state index in [0.717, 1.165) is 30.3 Å². The fourth-order valence-electron chi connectivity index (χ4n) is 2.37. The first-order valence-corrected chi connectivity index (χ1v) is 6.30. The molecule has 2 fully saturated rings. The van der Waals surface area contributed by atoms with Crippen molar-refractivity contribution >= 4 is 27.7 Å². The molecule has 0 radical (unpaired) electrons. The standard InChI is InChI=1S/C11H15BrN2O2/c1-8(12)6-13-7-10(15)14-5-3-2-4-9(14)11(13)16/h9H,1-7H2. The van der Waals surface area contributed by atoms with Gasteiger partial charge in [0.25, 0.3) is 0 Å². The van der Waals surface area contributed by atoms with E-state index in [9.17, 15) is 9.59 Å². The molecule has 0 aromatic heterocycles. The minimum absolute atomic E-state index is 0.0676. The highest BCUT2D eigenvalue weighted by Gasteiger charge is 2.40. The van der Waals surface area contributed by atoms with Gasteiger partial charge in [0, 0.05) is 11.0 Å². The highest BCUT2D eigenvalue weighted by Crippen LogP contribution is 2.23. The Hall–Kier alpha value is -0.840. The Bertz CT molecular complexity index is 343. The van der Waals surface area contributed by atoms with E-state index in [1.165, 1.54) is 0 Å². The maximum Gasteiger partial charge on any atom is 0.246 e. The molecule has 0 bridgehead atoms. The van der Waals surface area contributed by atoms with Gasteiger partial charge in [0.2, 0.25) is 11.8 Å². The molecule has 16 heavy (non-hydrogen) atoms. The second-order valence-electron chi connectivity index (χ2n) is 4.31. The van der Waals surface area contributed by atoms with E-state index in [2.05, 4.69) is 22.5 Å². The number of hydrogen-bond donors (Lipinski definition) is 0. The maximum absolute atomic E-state index is 12.1. The number of carbonyl (C=O) groups excluding carboxylic acids is 2. The fourth-order valence-corrected chi connectivity index (χ4v) is 2.67. The molecule has 2 heterocycles. The first kappa shape index (κ1) is 11.6. The Labute approximate surface area is 103 Å². The van der Waals surface area contributed by atoms with Crippen molar-refractivity contribution in [2.24, 2.45) is 0 Å². The van der Waals surface area contributed by atoms with Crippen LogP contribution in [0.15, 0.2) is 11.1 Å². The van der Waals surface area contributed by atoms with Crippen LogP contribution in [0.2, 0.25) is 0 Å². The highest BCUT2D eigenvalue weighted by molar-refractivity contribution is 9.11. The van der Waals surface area contributed by atoms with Crippen LogP contribution in [0.3, 0.4) is 0 Å². The van der Waals surface area contributed by atoms with E-state index >= 15 is 0 Å². The van der Waals surface area contributed by atoms with Gasteiger partial charge in [-0.2, -0.15) is 0 Å². The Morgan fingerprint density at radius 1 is 1.44 bits per heavy atom. The molecule has 88 valence electrons. The van der Waals surface area contributed by atoms with Gasteiger partial charge >= 0.3 is 0 Å². The van der Waals surface area contributed by atoms with Gasteiger partial charge in [-0.25, -0.2) is 0 Å². The number of halogens is 1. The van der Waals surface area contributed by atoms with Crippen molar-refractivity contribution in [1.82, 2.24) is 9.80 Å². The molecule has 0 aromatic carbocycles. The van der Waals surface area contributed by atoms with Gasteiger partial charge in [-0.3, -0.25) is 9.59 Å². The Morgan fingerprint density at radius 2 is 2.19 bits per heavy atom. The molecule has 4 nitrogen and oxygen atoms in total. The number of amides is 2. The van der Waals surface area contributed by atoms with E-state index in [4.69, 9.17) is 0 Å². The van der Waals surface area contributed by atoms with Gasteiger partial charge in [-0.15, -0.1) is 0 Å². The maximum atomic E-state index is 12.1. The van der Waals surface area contributed by atoms with E-state index in [-0.39, 0.29) is 24.4 Å². The van der Waals surface area contributed by atoms with Crippen molar-refractivity contribution in [3.63, 3.8) is 0 Å². The summed E-state index contributed by atoms with van der Waals surface area (Å²) in [4.78, 5) is 27.3. The van der Waals surface area contributed by atoms with Gasteiger partial charge in [0.15, 0.2) is 0 Å². The summed E-state index contributed by atoms with van der Waals surface area (Å²) < 4.78 is 0.734. The van der Waals surface area contributed by atoms with Crippen molar-refractivity contribution < 1.29 is 9.59 Å². The summed E-state index contributed by atoms with van der Waals surface area (Å²) in [5.41, 5.74) is 0. The SMILES string of the molecule is C=C(Br)CN1CC(=O)N2CCCCC2C1=O. The molecule has 5 heteroatoms. The summed E-state index contributed by atoms with van der Waals surface area (Å²) in [7, 11) is 0. The van der Waals surface area contributed by atoms with Crippen LogP contribution in [0, 0.1) is 0 Å². The van der Waals surface area contributed by atoms with Gasteiger partial charge in [-0.1, -0.05) is 22.5 Å². The highest BCUT2D eigenvalue weighted by atomic mass is 79.9. The van der Waals surface area contributed by atoms with Gasteiger partial charge in [0.05, 0.1) is 6.54 Å². The van der Waals surface area contributed by atoms with Gasteiger partial charge in [-0.05, 0) is 19.3 Å². The average Bonchev–Trinajstić information content (AvgIpc) is 2.25. The molecule has 0 aromatic rings. The lowest BCUT2D eigenvalue weighted by atomic mass is 9.98. The molecule has 1 unspecified atom stereocenters. The van der Waals surface area contributed by atoms with Gasteiger partial charge in [0.1, 0.15) is 12.6 Å². The number of fused-ring (bicyclic) bond motifs is 1. The predicted molar refractivity (Wildman–Crippen MR) is 64.0 cm³/mol. The van der Waals surface area contributed by atoms with Crippen molar-refractivity contribution in [2.45, 2.75) is 25.3 Å². The van der Waals surface area contributed by atoms with Crippen molar-refractivity contribution in [3.8, 4) is 0 Å². The molecular formula is C11H15BrN2O2. The number of piperazine rings is 1. The van der Waals surface area contributed by atoms with Crippen LogP contribution >= 0.6 is 15.9 Å². The van der Waals surface area contributed by atoms with Crippen LogP contribution in [0.4, 0.5) is 0 Å². The van der Waals surface area contributed by atoms with E-state index < -0.39 is 0 Å². The van der Waals surface area contributed by atoms with Crippen LogP contribution in [-0.2, 0) is 9.59 Å². The van der Waals surface area contributed by atoms with Crippen LogP contribution in [0.25, 0.3) is 0 Å². The number of rotatable bonds is 2. The average molecular weight is 287 g/mol. The molecule has 2 rings (SSSR count). The smallest absolute Gasteiger partial charge is 0.246 e. The molecular weight excluding hydrogens is 272 g/mol. The first-order chi connectivity index (χ1) is 7.59. The zero-order chi connectivity index (χ0) is 11.7. The molecule has 1 atom stereocenters. The quantitative estimate of drug-likeness (QED) is 0.763. The zero-order valence-electron chi connectivity index (χ0n) is 9.12. The Morgan fingerprint density at radius 3 is 2.88 bits per heavy atom. The van der Waals surface area contributed by atoms with E-state index in [0.29, 0.717) is 6.54 Å². The molecule has 2 amide bonds. The molecule has 0 N–H and O–H groups in total. The lowest BCUT2D eigenvalue weighted by Gasteiger charge is -2.42. The summed E-state index contributed by atoms with van der Waals surface area (Å²) in [6, 6.07) is -0.221.